The molecule has 5 nitrogen and oxygen atoms in total. The number of benzene rings is 1. The number of pyridine rings is 1. The minimum Gasteiger partial charge on any atom is -0.346 e. The maximum Gasteiger partial charge on any atom is 0.268 e. The first-order chi connectivity index (χ1) is 12.5. The van der Waals surface area contributed by atoms with E-state index in [2.05, 4.69) is 24.1 Å². The smallest absolute Gasteiger partial charge is 0.268 e. The Kier molecular flexibility index (Phi) is 5.32. The summed E-state index contributed by atoms with van der Waals surface area (Å²) in [6.45, 7) is 6.29. The van der Waals surface area contributed by atoms with E-state index >= 15 is 0 Å². The van der Waals surface area contributed by atoms with E-state index in [0.717, 1.165) is 16.9 Å². The van der Waals surface area contributed by atoms with Gasteiger partial charge in [-0.05, 0) is 42.2 Å². The van der Waals surface area contributed by atoms with Gasteiger partial charge in [0.25, 0.3) is 11.5 Å². The van der Waals surface area contributed by atoms with Crippen molar-refractivity contribution in [3.8, 4) is 5.69 Å². The highest BCUT2D eigenvalue weighted by Gasteiger charge is 2.16. The van der Waals surface area contributed by atoms with Crippen molar-refractivity contribution in [1.82, 2.24) is 14.9 Å². The lowest BCUT2D eigenvalue weighted by atomic mass is 10.0. The summed E-state index contributed by atoms with van der Waals surface area (Å²) in [6.07, 6.45) is 1.72. The van der Waals surface area contributed by atoms with Crippen molar-refractivity contribution in [1.29, 1.82) is 0 Å². The van der Waals surface area contributed by atoms with Crippen LogP contribution >= 0.6 is 11.3 Å². The van der Waals surface area contributed by atoms with Crippen LogP contribution in [0.2, 0.25) is 0 Å². The fraction of sp³-hybridized carbons (Fsp3) is 0.250. The van der Waals surface area contributed by atoms with Crippen LogP contribution in [-0.2, 0) is 6.54 Å². The van der Waals surface area contributed by atoms with E-state index < -0.39 is 0 Å². The van der Waals surface area contributed by atoms with Gasteiger partial charge in [0.2, 0.25) is 0 Å². The Morgan fingerprint density at radius 1 is 1.31 bits per heavy atom. The summed E-state index contributed by atoms with van der Waals surface area (Å²) < 4.78 is 1.52. The Morgan fingerprint density at radius 3 is 2.81 bits per heavy atom. The number of thiazole rings is 1. The van der Waals surface area contributed by atoms with Gasteiger partial charge in [-0.25, -0.2) is 4.98 Å². The molecule has 1 aromatic carbocycles. The molecule has 2 heterocycles. The fourth-order valence-electron chi connectivity index (χ4n) is 2.72. The van der Waals surface area contributed by atoms with Gasteiger partial charge in [0.05, 0.1) is 17.7 Å². The van der Waals surface area contributed by atoms with Crippen molar-refractivity contribution >= 4 is 17.2 Å². The first-order valence-corrected chi connectivity index (χ1v) is 9.39. The molecule has 1 N–H and O–H groups in total. The molecule has 0 aliphatic rings. The quantitative estimate of drug-likeness (QED) is 0.748. The van der Waals surface area contributed by atoms with E-state index in [9.17, 15) is 9.59 Å². The maximum atomic E-state index is 13.0. The van der Waals surface area contributed by atoms with E-state index in [1.165, 1.54) is 15.9 Å². The van der Waals surface area contributed by atoms with Crippen LogP contribution in [0.25, 0.3) is 5.69 Å². The second kappa shape index (κ2) is 7.66. The number of aromatic nitrogens is 2. The van der Waals surface area contributed by atoms with Crippen molar-refractivity contribution < 1.29 is 4.79 Å². The molecule has 0 fully saturated rings. The lowest BCUT2D eigenvalue weighted by molar-refractivity contribution is 0.0948. The predicted molar refractivity (Wildman–Crippen MR) is 104 cm³/mol. The van der Waals surface area contributed by atoms with Crippen LogP contribution in [0.3, 0.4) is 0 Å². The number of carbonyl (C=O) groups is 1. The molecule has 0 unspecified atom stereocenters. The molecule has 0 spiro atoms. The minimum absolute atomic E-state index is 0.165. The largest absolute Gasteiger partial charge is 0.346 e. The normalized spacial score (nSPS) is 10.9. The molecule has 0 atom stereocenters. The van der Waals surface area contributed by atoms with Crippen molar-refractivity contribution in [2.24, 2.45) is 0 Å². The lowest BCUT2D eigenvalue weighted by Crippen LogP contribution is -2.33. The van der Waals surface area contributed by atoms with Crippen LogP contribution in [0.15, 0.2) is 52.2 Å². The number of rotatable bonds is 5. The molecule has 3 aromatic rings. The minimum atomic E-state index is -0.380. The van der Waals surface area contributed by atoms with Crippen LogP contribution < -0.4 is 10.9 Å². The van der Waals surface area contributed by atoms with E-state index in [0.29, 0.717) is 18.0 Å². The lowest BCUT2D eigenvalue weighted by Gasteiger charge is -2.13. The van der Waals surface area contributed by atoms with Gasteiger partial charge in [-0.1, -0.05) is 26.0 Å². The Morgan fingerprint density at radius 2 is 2.12 bits per heavy atom. The molecule has 0 aliphatic heterocycles. The summed E-state index contributed by atoms with van der Waals surface area (Å²) in [5.74, 6) is -0.0214. The molecule has 0 radical (unpaired) electrons. The fourth-order valence-corrected chi connectivity index (χ4v) is 3.28. The molecule has 0 aliphatic carbocycles. The number of carbonyl (C=O) groups excluding carboxylic acids is 1. The molecule has 0 saturated carbocycles. The third-order valence-electron chi connectivity index (χ3n) is 4.26. The first-order valence-electron chi connectivity index (χ1n) is 8.45. The van der Waals surface area contributed by atoms with Gasteiger partial charge in [-0.3, -0.25) is 14.2 Å². The van der Waals surface area contributed by atoms with E-state index in [4.69, 9.17) is 0 Å². The molecular formula is C20H21N3O2S. The summed E-state index contributed by atoms with van der Waals surface area (Å²) in [5, 5.41) is 4.65. The van der Waals surface area contributed by atoms with Gasteiger partial charge in [0.1, 0.15) is 5.56 Å². The molecule has 3 rings (SSSR count). The van der Waals surface area contributed by atoms with Crippen molar-refractivity contribution in [3.63, 3.8) is 0 Å². The molecule has 2 aromatic heterocycles. The Labute approximate surface area is 156 Å². The van der Waals surface area contributed by atoms with Gasteiger partial charge >= 0.3 is 0 Å². The number of amides is 1. The van der Waals surface area contributed by atoms with Gasteiger partial charge in [-0.2, -0.15) is 0 Å². The van der Waals surface area contributed by atoms with E-state index in [1.54, 1.807) is 24.7 Å². The second-order valence-corrected chi connectivity index (χ2v) is 7.18. The monoisotopic (exact) mass is 367 g/mol. The third-order valence-corrected chi connectivity index (χ3v) is 4.89. The number of hydrogen-bond acceptors (Lipinski definition) is 4. The van der Waals surface area contributed by atoms with Crippen LogP contribution in [0.4, 0.5) is 0 Å². The highest BCUT2D eigenvalue weighted by Crippen LogP contribution is 2.17. The summed E-state index contributed by atoms with van der Waals surface area (Å²) in [4.78, 5) is 29.7. The van der Waals surface area contributed by atoms with Crippen LogP contribution in [0.5, 0.6) is 0 Å². The standard InChI is InChI=1S/C20H21N3O2S/c1-13(2)15-5-4-6-17(9-15)23-8-7-14(3)18(20(23)25)19(24)21-10-16-11-26-12-22-16/h4-9,11-13H,10H2,1-3H3,(H,21,24). The molecule has 6 heteroatoms. The zero-order valence-corrected chi connectivity index (χ0v) is 15.8. The van der Waals surface area contributed by atoms with Crippen LogP contribution in [0, 0.1) is 6.92 Å². The average Bonchev–Trinajstić information content (AvgIpc) is 3.13. The zero-order chi connectivity index (χ0) is 18.7. The average molecular weight is 367 g/mol. The Hall–Kier alpha value is -2.73. The molecule has 1 amide bonds. The number of aryl methyl sites for hydroxylation is 1. The van der Waals surface area contributed by atoms with Crippen molar-refractivity contribution in [2.45, 2.75) is 33.2 Å². The van der Waals surface area contributed by atoms with Crippen molar-refractivity contribution in [2.75, 3.05) is 0 Å². The maximum absolute atomic E-state index is 13.0. The summed E-state index contributed by atoms with van der Waals surface area (Å²) in [7, 11) is 0. The highest BCUT2D eigenvalue weighted by atomic mass is 32.1. The van der Waals surface area contributed by atoms with Gasteiger partial charge in [0, 0.05) is 17.3 Å². The zero-order valence-electron chi connectivity index (χ0n) is 15.0. The third kappa shape index (κ3) is 3.75. The van der Waals surface area contributed by atoms with Gasteiger partial charge in [-0.15, -0.1) is 11.3 Å². The first kappa shape index (κ1) is 18.1. The molecule has 26 heavy (non-hydrogen) atoms. The summed E-state index contributed by atoms with van der Waals surface area (Å²) in [6, 6.07) is 9.62. The Balaban J connectivity index is 1.95. The topological polar surface area (TPSA) is 64.0 Å². The number of hydrogen-bond donors (Lipinski definition) is 1. The van der Waals surface area contributed by atoms with Crippen molar-refractivity contribution in [3.05, 3.63) is 80.2 Å². The summed E-state index contributed by atoms with van der Waals surface area (Å²) in [5.41, 5.74) is 4.90. The number of nitrogens with one attached hydrogen (secondary N) is 1. The second-order valence-electron chi connectivity index (χ2n) is 6.46. The SMILES string of the molecule is Cc1ccn(-c2cccc(C(C)C)c2)c(=O)c1C(=O)NCc1cscn1. The van der Waals surface area contributed by atoms with Gasteiger partial charge in [0.15, 0.2) is 0 Å². The highest BCUT2D eigenvalue weighted by molar-refractivity contribution is 7.07. The van der Waals surface area contributed by atoms with Crippen LogP contribution in [0.1, 0.15) is 46.9 Å². The predicted octanol–water partition coefficient (Wildman–Crippen LogP) is 3.66. The number of nitrogens with zero attached hydrogens (tertiary/aromatic N) is 2. The molecule has 0 bridgehead atoms. The van der Waals surface area contributed by atoms with Crippen LogP contribution in [-0.4, -0.2) is 15.5 Å². The van der Waals surface area contributed by atoms with E-state index in [-0.39, 0.29) is 17.0 Å². The van der Waals surface area contributed by atoms with E-state index in [1.807, 2.05) is 29.6 Å². The van der Waals surface area contributed by atoms with Gasteiger partial charge < -0.3 is 5.32 Å². The molecule has 134 valence electrons. The molecule has 0 saturated heterocycles. The molecular weight excluding hydrogens is 346 g/mol. The summed E-state index contributed by atoms with van der Waals surface area (Å²) >= 11 is 1.47. The Bertz CT molecular complexity index is 975.